The van der Waals surface area contributed by atoms with Gasteiger partial charge in [-0.15, -0.1) is 0 Å². The number of hydrogen-bond donors (Lipinski definition) is 1. The highest BCUT2D eigenvalue weighted by Crippen LogP contribution is 2.23. The quantitative estimate of drug-likeness (QED) is 0.917. The summed E-state index contributed by atoms with van der Waals surface area (Å²) in [5, 5.41) is 2.89. The van der Waals surface area contributed by atoms with Crippen molar-refractivity contribution in [1.29, 1.82) is 0 Å². The number of carbonyl (C=O) groups excluding carboxylic acids is 1. The van der Waals surface area contributed by atoms with E-state index in [0.29, 0.717) is 12.1 Å². The zero-order valence-corrected chi connectivity index (χ0v) is 14.2. The Balaban J connectivity index is 1.75. The summed E-state index contributed by atoms with van der Waals surface area (Å²) >= 11 is 0. The van der Waals surface area contributed by atoms with Gasteiger partial charge in [-0.05, 0) is 37.8 Å². The molecule has 0 saturated carbocycles. The van der Waals surface area contributed by atoms with E-state index in [0.717, 1.165) is 36.6 Å². The SMILES string of the molecule is CCCNC(=O)c1ccc(-c2cc(N3CCCCC3)ncn2)cc1. The van der Waals surface area contributed by atoms with Gasteiger partial charge in [0.25, 0.3) is 5.91 Å². The highest BCUT2D eigenvalue weighted by molar-refractivity contribution is 5.94. The van der Waals surface area contributed by atoms with Crippen molar-refractivity contribution < 1.29 is 4.79 Å². The first-order chi connectivity index (χ1) is 11.8. The first-order valence-electron chi connectivity index (χ1n) is 8.73. The predicted molar refractivity (Wildman–Crippen MR) is 96.2 cm³/mol. The molecular weight excluding hydrogens is 300 g/mol. The normalized spacial score (nSPS) is 14.5. The number of benzene rings is 1. The molecule has 1 aliphatic heterocycles. The molecule has 0 aliphatic carbocycles. The van der Waals surface area contributed by atoms with Crippen LogP contribution in [0.25, 0.3) is 11.3 Å². The zero-order chi connectivity index (χ0) is 16.8. The Labute approximate surface area is 143 Å². The van der Waals surface area contributed by atoms with E-state index in [1.165, 1.54) is 19.3 Å². The molecule has 1 fully saturated rings. The molecule has 0 spiro atoms. The van der Waals surface area contributed by atoms with Crippen molar-refractivity contribution in [3.8, 4) is 11.3 Å². The summed E-state index contributed by atoms with van der Waals surface area (Å²) in [6, 6.07) is 9.63. The largest absolute Gasteiger partial charge is 0.357 e. The summed E-state index contributed by atoms with van der Waals surface area (Å²) in [5.41, 5.74) is 2.58. The Morgan fingerprint density at radius 1 is 1.12 bits per heavy atom. The monoisotopic (exact) mass is 324 g/mol. The van der Waals surface area contributed by atoms with Crippen LogP contribution in [0.5, 0.6) is 0 Å². The number of piperidine rings is 1. The standard InChI is InChI=1S/C19H24N4O/c1-2-10-20-19(24)16-8-6-15(7-9-16)17-13-18(22-14-21-17)23-11-4-3-5-12-23/h6-9,13-14H,2-5,10-12H2,1H3,(H,20,24). The van der Waals surface area contributed by atoms with E-state index in [1.54, 1.807) is 6.33 Å². The predicted octanol–water partition coefficient (Wildman–Crippen LogP) is 3.27. The van der Waals surface area contributed by atoms with Gasteiger partial charge in [0, 0.05) is 36.8 Å². The molecule has 126 valence electrons. The number of rotatable bonds is 5. The van der Waals surface area contributed by atoms with E-state index in [1.807, 2.05) is 37.3 Å². The Bertz CT molecular complexity index is 678. The molecule has 0 unspecified atom stereocenters. The highest BCUT2D eigenvalue weighted by atomic mass is 16.1. The number of nitrogens with one attached hydrogen (secondary N) is 1. The molecule has 1 N–H and O–H groups in total. The van der Waals surface area contributed by atoms with Crippen LogP contribution in [0.2, 0.25) is 0 Å². The Morgan fingerprint density at radius 3 is 2.58 bits per heavy atom. The van der Waals surface area contributed by atoms with Crippen LogP contribution in [0.3, 0.4) is 0 Å². The van der Waals surface area contributed by atoms with E-state index in [9.17, 15) is 4.79 Å². The number of amides is 1. The molecule has 24 heavy (non-hydrogen) atoms. The minimum atomic E-state index is -0.0277. The summed E-state index contributed by atoms with van der Waals surface area (Å²) in [6.07, 6.45) is 6.31. The molecule has 2 heterocycles. The van der Waals surface area contributed by atoms with Crippen LogP contribution in [-0.4, -0.2) is 35.5 Å². The number of carbonyl (C=O) groups is 1. The van der Waals surface area contributed by atoms with Gasteiger partial charge in [-0.3, -0.25) is 4.79 Å². The second-order valence-electron chi connectivity index (χ2n) is 6.14. The molecule has 0 bridgehead atoms. The van der Waals surface area contributed by atoms with Crippen LogP contribution in [0.15, 0.2) is 36.7 Å². The highest BCUT2D eigenvalue weighted by Gasteiger charge is 2.13. The van der Waals surface area contributed by atoms with Gasteiger partial charge in [0.1, 0.15) is 12.1 Å². The van der Waals surface area contributed by atoms with Crippen molar-refractivity contribution >= 4 is 11.7 Å². The van der Waals surface area contributed by atoms with Gasteiger partial charge in [0.15, 0.2) is 0 Å². The number of nitrogens with zero attached hydrogens (tertiary/aromatic N) is 3. The third kappa shape index (κ3) is 3.91. The smallest absolute Gasteiger partial charge is 0.251 e. The van der Waals surface area contributed by atoms with E-state index in [4.69, 9.17) is 0 Å². The van der Waals surface area contributed by atoms with Gasteiger partial charge in [0.2, 0.25) is 0 Å². The second-order valence-corrected chi connectivity index (χ2v) is 6.14. The maximum Gasteiger partial charge on any atom is 0.251 e. The lowest BCUT2D eigenvalue weighted by Crippen LogP contribution is -2.30. The van der Waals surface area contributed by atoms with Crippen LogP contribution in [0.4, 0.5) is 5.82 Å². The van der Waals surface area contributed by atoms with Crippen LogP contribution in [0, 0.1) is 0 Å². The Hall–Kier alpha value is -2.43. The van der Waals surface area contributed by atoms with Crippen molar-refractivity contribution in [3.63, 3.8) is 0 Å². The number of aromatic nitrogens is 2. The van der Waals surface area contributed by atoms with E-state index >= 15 is 0 Å². The maximum atomic E-state index is 12.0. The maximum absolute atomic E-state index is 12.0. The van der Waals surface area contributed by atoms with Crippen LogP contribution in [-0.2, 0) is 0 Å². The van der Waals surface area contributed by atoms with E-state index in [2.05, 4.69) is 20.2 Å². The van der Waals surface area contributed by atoms with Crippen LogP contribution in [0.1, 0.15) is 43.0 Å². The minimum Gasteiger partial charge on any atom is -0.357 e. The molecule has 1 saturated heterocycles. The fourth-order valence-corrected chi connectivity index (χ4v) is 2.93. The topological polar surface area (TPSA) is 58.1 Å². The molecule has 1 aromatic heterocycles. The van der Waals surface area contributed by atoms with Crippen molar-refractivity contribution in [1.82, 2.24) is 15.3 Å². The lowest BCUT2D eigenvalue weighted by molar-refractivity contribution is 0.0953. The lowest BCUT2D eigenvalue weighted by Gasteiger charge is -2.27. The minimum absolute atomic E-state index is 0.0277. The molecule has 5 heteroatoms. The fourth-order valence-electron chi connectivity index (χ4n) is 2.93. The summed E-state index contributed by atoms with van der Waals surface area (Å²) in [7, 11) is 0. The zero-order valence-electron chi connectivity index (χ0n) is 14.2. The third-order valence-corrected chi connectivity index (χ3v) is 4.31. The number of anilines is 1. The number of hydrogen-bond acceptors (Lipinski definition) is 4. The summed E-state index contributed by atoms with van der Waals surface area (Å²) < 4.78 is 0. The second kappa shape index (κ2) is 7.90. The van der Waals surface area contributed by atoms with Crippen molar-refractivity contribution in [2.75, 3.05) is 24.5 Å². The van der Waals surface area contributed by atoms with E-state index in [-0.39, 0.29) is 5.91 Å². The van der Waals surface area contributed by atoms with Crippen LogP contribution >= 0.6 is 0 Å². The molecule has 0 atom stereocenters. The molecular formula is C19H24N4O. The molecule has 5 nitrogen and oxygen atoms in total. The summed E-state index contributed by atoms with van der Waals surface area (Å²) in [6.45, 7) is 4.87. The molecule has 0 radical (unpaired) electrons. The third-order valence-electron chi connectivity index (χ3n) is 4.31. The van der Waals surface area contributed by atoms with Gasteiger partial charge >= 0.3 is 0 Å². The Kier molecular flexibility index (Phi) is 5.41. The first-order valence-corrected chi connectivity index (χ1v) is 8.73. The Morgan fingerprint density at radius 2 is 1.88 bits per heavy atom. The van der Waals surface area contributed by atoms with Gasteiger partial charge in [-0.25, -0.2) is 9.97 Å². The van der Waals surface area contributed by atoms with Crippen molar-refractivity contribution in [2.24, 2.45) is 0 Å². The average Bonchev–Trinajstić information content (AvgIpc) is 2.67. The van der Waals surface area contributed by atoms with E-state index < -0.39 is 0 Å². The molecule has 2 aromatic rings. The van der Waals surface area contributed by atoms with Gasteiger partial charge in [-0.2, -0.15) is 0 Å². The van der Waals surface area contributed by atoms with Gasteiger partial charge in [0.05, 0.1) is 5.69 Å². The molecule has 1 amide bonds. The van der Waals surface area contributed by atoms with Crippen molar-refractivity contribution in [2.45, 2.75) is 32.6 Å². The first kappa shape index (κ1) is 16.4. The van der Waals surface area contributed by atoms with Gasteiger partial charge in [-0.1, -0.05) is 19.1 Å². The van der Waals surface area contributed by atoms with Crippen LogP contribution < -0.4 is 10.2 Å². The summed E-state index contributed by atoms with van der Waals surface area (Å²) in [5.74, 6) is 0.963. The molecule has 3 rings (SSSR count). The molecule has 1 aromatic carbocycles. The fraction of sp³-hybridized carbons (Fsp3) is 0.421. The molecule has 1 aliphatic rings. The van der Waals surface area contributed by atoms with Crippen molar-refractivity contribution in [3.05, 3.63) is 42.2 Å². The lowest BCUT2D eigenvalue weighted by atomic mass is 10.1. The van der Waals surface area contributed by atoms with Gasteiger partial charge < -0.3 is 10.2 Å². The average molecular weight is 324 g/mol. The summed E-state index contributed by atoms with van der Waals surface area (Å²) in [4.78, 5) is 23.1.